The van der Waals surface area contributed by atoms with Crippen molar-refractivity contribution in [1.29, 1.82) is 0 Å². The molecule has 0 aliphatic rings. The lowest BCUT2D eigenvalue weighted by molar-refractivity contribution is -0.140. The lowest BCUT2D eigenvalue weighted by atomic mass is 10.1. The van der Waals surface area contributed by atoms with Crippen LogP contribution in [0.3, 0.4) is 0 Å². The highest BCUT2D eigenvalue weighted by Gasteiger charge is 1.98. The zero-order valence-corrected chi connectivity index (χ0v) is 14.7. The van der Waals surface area contributed by atoms with Crippen LogP contribution in [0.5, 0.6) is 0 Å². The minimum Gasteiger partial charge on any atom is -0.469 e. The predicted molar refractivity (Wildman–Crippen MR) is 92.9 cm³/mol. The number of allylic oxidation sites excluding steroid dienone is 2. The summed E-state index contributed by atoms with van der Waals surface area (Å²) in [6, 6.07) is 0. The molecule has 1 atom stereocenters. The Morgan fingerprint density at radius 2 is 1.41 bits per heavy atom. The number of carbonyl (C=O) groups excluding carboxylic acids is 1. The lowest BCUT2D eigenvalue weighted by Gasteiger charge is -2.02. The van der Waals surface area contributed by atoms with Gasteiger partial charge in [0.05, 0.1) is 13.2 Å². The topological polar surface area (TPSA) is 46.5 Å². The molecule has 22 heavy (non-hydrogen) atoms. The van der Waals surface area contributed by atoms with Gasteiger partial charge in [-0.05, 0) is 45.4 Å². The Kier molecular flexibility index (Phi) is 15.9. The van der Waals surface area contributed by atoms with Crippen molar-refractivity contribution >= 4 is 5.97 Å². The van der Waals surface area contributed by atoms with Crippen LogP contribution in [-0.4, -0.2) is 24.3 Å². The van der Waals surface area contributed by atoms with E-state index in [-0.39, 0.29) is 12.1 Å². The van der Waals surface area contributed by atoms with Gasteiger partial charge in [-0.25, -0.2) is 0 Å². The molecule has 0 saturated heterocycles. The van der Waals surface area contributed by atoms with Gasteiger partial charge in [0.15, 0.2) is 0 Å². The van der Waals surface area contributed by atoms with Crippen LogP contribution in [0.2, 0.25) is 0 Å². The van der Waals surface area contributed by atoms with Gasteiger partial charge in [0, 0.05) is 6.42 Å². The number of hydrogen-bond donors (Lipinski definition) is 1. The van der Waals surface area contributed by atoms with Gasteiger partial charge in [0.2, 0.25) is 0 Å². The quantitative estimate of drug-likeness (QED) is 0.258. The zero-order chi connectivity index (χ0) is 16.5. The Hall–Kier alpha value is -0.830. The van der Waals surface area contributed by atoms with Gasteiger partial charge >= 0.3 is 5.97 Å². The predicted octanol–water partition coefficient (Wildman–Crippen LogP) is 5.17. The second kappa shape index (κ2) is 16.5. The van der Waals surface area contributed by atoms with Gasteiger partial charge in [-0.15, -0.1) is 0 Å². The van der Waals surface area contributed by atoms with Crippen LogP contribution in [0.4, 0.5) is 0 Å². The highest BCUT2D eigenvalue weighted by Crippen LogP contribution is 2.10. The number of rotatable bonds is 15. The number of esters is 1. The summed E-state index contributed by atoms with van der Waals surface area (Å²) in [6.07, 6.45) is 19.1. The molecule has 1 N–H and O–H groups in total. The number of unbranched alkanes of at least 4 members (excludes halogenated alkanes) is 9. The summed E-state index contributed by atoms with van der Waals surface area (Å²) in [6.45, 7) is 1.86. The van der Waals surface area contributed by atoms with Gasteiger partial charge in [0.25, 0.3) is 0 Å². The van der Waals surface area contributed by atoms with E-state index in [1.54, 1.807) is 0 Å². The molecule has 3 heteroatoms. The molecule has 0 unspecified atom stereocenters. The summed E-state index contributed by atoms with van der Waals surface area (Å²) < 4.78 is 4.61. The average Bonchev–Trinajstić information content (AvgIpc) is 2.50. The standard InChI is InChI=1S/C19H36O3/c1-18(20)16-14-12-10-8-6-4-3-5-7-9-11-13-15-17-19(21)22-2/h3-4,18,20H,5-17H2,1-2H3/b4-3-/t18-/m0/s1. The van der Waals surface area contributed by atoms with Crippen molar-refractivity contribution in [2.75, 3.05) is 7.11 Å². The third-order valence-corrected chi connectivity index (χ3v) is 3.89. The third-order valence-electron chi connectivity index (χ3n) is 3.89. The summed E-state index contributed by atoms with van der Waals surface area (Å²) in [5, 5.41) is 9.15. The number of aliphatic hydroxyl groups is 1. The van der Waals surface area contributed by atoms with Crippen LogP contribution >= 0.6 is 0 Å². The molecule has 3 nitrogen and oxygen atoms in total. The molecular formula is C19H36O3. The van der Waals surface area contributed by atoms with Crippen LogP contribution in [0.25, 0.3) is 0 Å². The summed E-state index contributed by atoms with van der Waals surface area (Å²) in [5.41, 5.74) is 0. The second-order valence-electron chi connectivity index (χ2n) is 6.19. The third kappa shape index (κ3) is 17.2. The Labute approximate surface area is 137 Å². The molecule has 0 bridgehead atoms. The molecule has 0 aromatic carbocycles. The summed E-state index contributed by atoms with van der Waals surface area (Å²) >= 11 is 0. The molecule has 0 aromatic rings. The van der Waals surface area contributed by atoms with Crippen molar-refractivity contribution in [2.45, 2.75) is 96.5 Å². The largest absolute Gasteiger partial charge is 0.469 e. The molecule has 0 spiro atoms. The molecule has 130 valence electrons. The highest BCUT2D eigenvalue weighted by molar-refractivity contribution is 5.68. The second-order valence-corrected chi connectivity index (χ2v) is 6.19. The van der Waals surface area contributed by atoms with E-state index in [1.165, 1.54) is 58.5 Å². The first-order valence-corrected chi connectivity index (χ1v) is 9.06. The van der Waals surface area contributed by atoms with Crippen molar-refractivity contribution in [3.8, 4) is 0 Å². The molecule has 0 saturated carbocycles. The molecule has 0 rings (SSSR count). The van der Waals surface area contributed by atoms with E-state index in [9.17, 15) is 4.79 Å². The summed E-state index contributed by atoms with van der Waals surface area (Å²) in [4.78, 5) is 10.9. The Balaban J connectivity index is 3.13. The van der Waals surface area contributed by atoms with Crippen LogP contribution in [0, 0.1) is 0 Å². The SMILES string of the molecule is COC(=O)CCCCCCC/C=C\CCCCCC[C@H](C)O. The summed E-state index contributed by atoms with van der Waals surface area (Å²) in [7, 11) is 1.45. The van der Waals surface area contributed by atoms with E-state index in [0.29, 0.717) is 6.42 Å². The molecule has 0 aromatic heterocycles. The normalized spacial score (nSPS) is 12.7. The van der Waals surface area contributed by atoms with Crippen molar-refractivity contribution < 1.29 is 14.6 Å². The molecule has 0 radical (unpaired) electrons. The fourth-order valence-electron chi connectivity index (χ4n) is 2.46. The monoisotopic (exact) mass is 312 g/mol. The molecular weight excluding hydrogens is 276 g/mol. The van der Waals surface area contributed by atoms with E-state index in [4.69, 9.17) is 5.11 Å². The van der Waals surface area contributed by atoms with E-state index < -0.39 is 0 Å². The molecule has 0 aliphatic heterocycles. The number of aliphatic hydroxyl groups excluding tert-OH is 1. The van der Waals surface area contributed by atoms with E-state index in [1.807, 2.05) is 6.92 Å². The van der Waals surface area contributed by atoms with Gasteiger partial charge in [-0.2, -0.15) is 0 Å². The van der Waals surface area contributed by atoms with Crippen LogP contribution in [0.1, 0.15) is 90.4 Å². The molecule has 0 fully saturated rings. The van der Waals surface area contributed by atoms with Crippen molar-refractivity contribution in [3.63, 3.8) is 0 Å². The van der Waals surface area contributed by atoms with Gasteiger partial charge in [-0.1, -0.05) is 50.7 Å². The van der Waals surface area contributed by atoms with Crippen LogP contribution < -0.4 is 0 Å². The van der Waals surface area contributed by atoms with E-state index in [2.05, 4.69) is 16.9 Å². The van der Waals surface area contributed by atoms with Crippen molar-refractivity contribution in [2.24, 2.45) is 0 Å². The first kappa shape index (κ1) is 21.2. The number of hydrogen-bond acceptors (Lipinski definition) is 3. The minimum absolute atomic E-state index is 0.0891. The highest BCUT2D eigenvalue weighted by atomic mass is 16.5. The summed E-state index contributed by atoms with van der Waals surface area (Å²) in [5.74, 6) is -0.0891. The van der Waals surface area contributed by atoms with E-state index in [0.717, 1.165) is 25.7 Å². The van der Waals surface area contributed by atoms with Crippen LogP contribution in [0.15, 0.2) is 12.2 Å². The number of carbonyl (C=O) groups is 1. The molecule has 0 aliphatic carbocycles. The van der Waals surface area contributed by atoms with Crippen molar-refractivity contribution in [3.05, 3.63) is 12.2 Å². The lowest BCUT2D eigenvalue weighted by Crippen LogP contribution is -1.98. The van der Waals surface area contributed by atoms with Gasteiger partial charge in [0.1, 0.15) is 0 Å². The fourth-order valence-corrected chi connectivity index (χ4v) is 2.46. The van der Waals surface area contributed by atoms with Gasteiger partial charge < -0.3 is 9.84 Å². The Morgan fingerprint density at radius 1 is 0.909 bits per heavy atom. The maximum Gasteiger partial charge on any atom is 0.305 e. The maximum atomic E-state index is 10.9. The van der Waals surface area contributed by atoms with E-state index >= 15 is 0 Å². The first-order valence-electron chi connectivity index (χ1n) is 9.06. The Bertz CT molecular complexity index is 272. The van der Waals surface area contributed by atoms with Crippen molar-refractivity contribution in [1.82, 2.24) is 0 Å². The molecule has 0 amide bonds. The van der Waals surface area contributed by atoms with Gasteiger partial charge in [-0.3, -0.25) is 4.79 Å². The Morgan fingerprint density at radius 3 is 1.95 bits per heavy atom. The zero-order valence-electron chi connectivity index (χ0n) is 14.7. The first-order chi connectivity index (χ1) is 10.7. The molecule has 0 heterocycles. The average molecular weight is 312 g/mol. The number of ether oxygens (including phenoxy) is 1. The fraction of sp³-hybridized carbons (Fsp3) is 0.842. The maximum absolute atomic E-state index is 10.9. The van der Waals surface area contributed by atoms with Crippen LogP contribution in [-0.2, 0) is 9.53 Å². The smallest absolute Gasteiger partial charge is 0.305 e. The minimum atomic E-state index is -0.139. The number of methoxy groups -OCH3 is 1.